The number of amidine groups is 1. The number of nitrogens with zero attached hydrogens (tertiary/aromatic N) is 5. The lowest BCUT2D eigenvalue weighted by atomic mass is 9.95. The van der Waals surface area contributed by atoms with Crippen LogP contribution in [0.2, 0.25) is 5.02 Å². The molecule has 3 aliphatic rings. The topological polar surface area (TPSA) is 260 Å². The van der Waals surface area contributed by atoms with Crippen molar-refractivity contribution in [3.8, 4) is 0 Å². The van der Waals surface area contributed by atoms with Crippen LogP contribution in [0.1, 0.15) is 81.7 Å². The van der Waals surface area contributed by atoms with Crippen LogP contribution < -0.4 is 31.9 Å². The maximum atomic E-state index is 14.0. The highest BCUT2D eigenvalue weighted by Crippen LogP contribution is 2.37. The predicted octanol–water partition coefficient (Wildman–Crippen LogP) is 4.11. The minimum atomic E-state index is -0.926. The summed E-state index contributed by atoms with van der Waals surface area (Å²) in [4.78, 5) is 72.0. The van der Waals surface area contributed by atoms with Gasteiger partial charge in [0.05, 0.1) is 89.5 Å². The molecule has 0 radical (unpaired) electrons. The summed E-state index contributed by atoms with van der Waals surface area (Å²) in [5.41, 5.74) is 2.16. The number of carbonyl (C=O) groups is 5. The van der Waals surface area contributed by atoms with E-state index in [2.05, 4.69) is 47.2 Å². The molecule has 0 bridgehead atoms. The number of aromatic nitrogens is 4. The Labute approximate surface area is 427 Å². The van der Waals surface area contributed by atoms with E-state index in [-0.39, 0.29) is 85.8 Å². The minimum absolute atomic E-state index is 0.0539. The maximum Gasteiger partial charge on any atom is 0.407 e. The lowest BCUT2D eigenvalue weighted by Crippen LogP contribution is -2.47. The standard InChI is InChI=1S/C48H65ClFN11O10S/c1-30(2)26-71-48(66)53-15-7-6-8-36(54-40(62)10-5-4-9-39-43-38(29-72-39)56-47(65)58-43)45(63)52-18-20-68-22-23-69-21-19-61-25-33(59-60-61)27-70-28-37-41(46(64)67-3)42(34-12-11-32(50)24-35(34)49)57-44(55-37)31-13-16-51-17-14-31/h11-14,16-17,24-25,30,36,38-39,42-43H,4-10,15,18-23,26-29H2,1-3H3,(H,52,63)(H,53,66)(H,54,62)(H,55,57)(H2,56,58,65)/t36-,38+,39+,42?,43+/m1/s1. The number of carbonyl (C=O) groups excluding carboxylic acids is 5. The first kappa shape index (κ1) is 55.4. The number of halogens is 2. The van der Waals surface area contributed by atoms with Crippen LogP contribution in [0.25, 0.3) is 0 Å². The summed E-state index contributed by atoms with van der Waals surface area (Å²) in [6.07, 6.45) is 8.67. The number of fused-ring (bicyclic) bond motifs is 1. The maximum absolute atomic E-state index is 14.0. The molecule has 5 heterocycles. The van der Waals surface area contributed by atoms with E-state index in [1.807, 2.05) is 25.6 Å². The second-order valence-electron chi connectivity index (χ2n) is 17.7. The molecule has 2 aromatic heterocycles. The Kier molecular flexibility index (Phi) is 22.3. The van der Waals surface area contributed by atoms with Crippen LogP contribution >= 0.6 is 23.4 Å². The van der Waals surface area contributed by atoms with Gasteiger partial charge in [0, 0.05) is 59.1 Å². The van der Waals surface area contributed by atoms with Crippen molar-refractivity contribution < 1.29 is 52.0 Å². The zero-order valence-corrected chi connectivity index (χ0v) is 42.4. The summed E-state index contributed by atoms with van der Waals surface area (Å²) in [6.45, 7) is 6.35. The van der Waals surface area contributed by atoms with Crippen molar-refractivity contribution in [1.82, 2.24) is 51.9 Å². The number of ether oxygens (including phenoxy) is 5. The molecule has 0 aliphatic carbocycles. The third-order valence-corrected chi connectivity index (χ3v) is 13.5. The van der Waals surface area contributed by atoms with E-state index < -0.39 is 30.0 Å². The van der Waals surface area contributed by atoms with Gasteiger partial charge in [-0.25, -0.2) is 23.5 Å². The number of amides is 5. The second-order valence-corrected chi connectivity index (χ2v) is 19.4. The summed E-state index contributed by atoms with van der Waals surface area (Å²) >= 11 is 8.30. The highest BCUT2D eigenvalue weighted by atomic mass is 35.5. The van der Waals surface area contributed by atoms with Crippen LogP contribution in [0.4, 0.5) is 14.0 Å². The number of esters is 1. The summed E-state index contributed by atoms with van der Waals surface area (Å²) < 4.78 is 43.3. The third kappa shape index (κ3) is 17.4. The van der Waals surface area contributed by atoms with Gasteiger partial charge in [0.15, 0.2) is 0 Å². The molecule has 24 heteroatoms. The Morgan fingerprint density at radius 3 is 2.54 bits per heavy atom. The molecule has 2 fully saturated rings. The second kappa shape index (κ2) is 29.0. The zero-order chi connectivity index (χ0) is 51.2. The van der Waals surface area contributed by atoms with E-state index in [4.69, 9.17) is 40.3 Å². The Morgan fingerprint density at radius 2 is 1.76 bits per heavy atom. The molecule has 6 N–H and O–H groups in total. The van der Waals surface area contributed by atoms with Gasteiger partial charge in [0.25, 0.3) is 0 Å². The fourth-order valence-electron chi connectivity index (χ4n) is 8.05. The van der Waals surface area contributed by atoms with E-state index >= 15 is 0 Å². The first-order chi connectivity index (χ1) is 34.9. The molecular formula is C48H65ClFN11O10S. The van der Waals surface area contributed by atoms with Crippen molar-refractivity contribution in [3.63, 3.8) is 0 Å². The molecule has 1 unspecified atom stereocenters. The minimum Gasteiger partial charge on any atom is -0.466 e. The quantitative estimate of drug-likeness (QED) is 0.0312. The van der Waals surface area contributed by atoms with Gasteiger partial charge < -0.3 is 55.6 Å². The van der Waals surface area contributed by atoms with Gasteiger partial charge in [-0.05, 0) is 62.3 Å². The summed E-state index contributed by atoms with van der Waals surface area (Å²) in [5.74, 6) is -0.189. The number of nitrogens with one attached hydrogen (secondary N) is 6. The highest BCUT2D eigenvalue weighted by molar-refractivity contribution is 8.00. The fraction of sp³-hybridized carbons (Fsp3) is 0.562. The van der Waals surface area contributed by atoms with Crippen molar-refractivity contribution >= 4 is 59.1 Å². The number of alkyl carbamates (subject to hydrolysis) is 1. The Balaban J connectivity index is 0.881. The first-order valence-corrected chi connectivity index (χ1v) is 25.6. The number of pyridine rings is 1. The lowest BCUT2D eigenvalue weighted by molar-refractivity contribution is -0.136. The van der Waals surface area contributed by atoms with Crippen LogP contribution in [0.3, 0.4) is 0 Å². The van der Waals surface area contributed by atoms with E-state index in [1.54, 1.807) is 35.4 Å². The van der Waals surface area contributed by atoms with Crippen LogP contribution in [0.5, 0.6) is 0 Å². The van der Waals surface area contributed by atoms with Gasteiger partial charge in [-0.3, -0.25) is 19.6 Å². The number of urea groups is 1. The van der Waals surface area contributed by atoms with Gasteiger partial charge in [-0.1, -0.05) is 43.1 Å². The van der Waals surface area contributed by atoms with Gasteiger partial charge in [-0.2, -0.15) is 11.8 Å². The van der Waals surface area contributed by atoms with Crippen molar-refractivity contribution in [2.75, 3.05) is 65.6 Å². The lowest BCUT2D eigenvalue weighted by Gasteiger charge is -2.28. The molecule has 3 aromatic rings. The van der Waals surface area contributed by atoms with E-state index in [1.165, 1.54) is 19.2 Å². The monoisotopic (exact) mass is 1040 g/mol. The molecule has 5 atom stereocenters. The molecule has 21 nitrogen and oxygen atoms in total. The van der Waals surface area contributed by atoms with Crippen LogP contribution in [-0.2, 0) is 51.2 Å². The van der Waals surface area contributed by atoms with E-state index in [0.29, 0.717) is 92.2 Å². The normalized spacial score (nSPS) is 18.6. The van der Waals surface area contributed by atoms with Crippen molar-refractivity contribution in [3.05, 3.63) is 87.9 Å². The van der Waals surface area contributed by atoms with Crippen LogP contribution in [-0.4, -0.2) is 145 Å². The van der Waals surface area contributed by atoms with Gasteiger partial charge >= 0.3 is 18.1 Å². The molecule has 2 saturated heterocycles. The van der Waals surface area contributed by atoms with Crippen molar-refractivity contribution in [2.24, 2.45) is 10.9 Å². The first-order valence-electron chi connectivity index (χ1n) is 24.2. The van der Waals surface area contributed by atoms with Crippen LogP contribution in [0.15, 0.2) is 65.2 Å². The molecule has 392 valence electrons. The smallest absolute Gasteiger partial charge is 0.407 e. The molecule has 0 saturated carbocycles. The Bertz CT molecular complexity index is 2340. The average Bonchev–Trinajstić information content (AvgIpc) is 4.09. The van der Waals surface area contributed by atoms with E-state index in [0.717, 1.165) is 24.7 Å². The molecule has 1 aromatic carbocycles. The summed E-state index contributed by atoms with van der Waals surface area (Å²) in [6, 6.07) is 5.87. The molecule has 72 heavy (non-hydrogen) atoms. The number of unbranched alkanes of at least 4 members (excludes halogenated alkanes) is 2. The summed E-state index contributed by atoms with van der Waals surface area (Å²) in [5, 5.41) is 26.4. The number of aliphatic imine (C=N–C) groups is 1. The van der Waals surface area contributed by atoms with Crippen molar-refractivity contribution in [1.29, 1.82) is 0 Å². The number of methoxy groups -OCH3 is 1. The largest absolute Gasteiger partial charge is 0.466 e. The third-order valence-electron chi connectivity index (χ3n) is 11.7. The molecular weight excluding hydrogens is 977 g/mol. The fourth-order valence-corrected chi connectivity index (χ4v) is 9.87. The Hall–Kier alpha value is -5.88. The molecule has 5 amide bonds. The number of hydrogen-bond donors (Lipinski definition) is 6. The molecule has 6 rings (SSSR count). The predicted molar refractivity (Wildman–Crippen MR) is 265 cm³/mol. The highest BCUT2D eigenvalue weighted by Gasteiger charge is 2.42. The molecule has 0 spiro atoms. The van der Waals surface area contributed by atoms with Crippen LogP contribution in [0, 0.1) is 11.7 Å². The SMILES string of the molecule is COC(=O)C1=C(COCc2cn(CCOCCOCCNC(=O)[C@@H](CCCCNC(=O)OCC(C)C)NC(=O)CCCC[C@@H]3SC[C@@H]4NC(=O)N[C@@H]43)nn2)NC(c2ccncc2)=NC1c1ccc(F)cc1Cl. The molecule has 3 aliphatic heterocycles. The van der Waals surface area contributed by atoms with Gasteiger partial charge in [-0.15, -0.1) is 5.10 Å². The van der Waals surface area contributed by atoms with Gasteiger partial charge in [0.1, 0.15) is 29.4 Å². The summed E-state index contributed by atoms with van der Waals surface area (Å²) in [7, 11) is 1.26. The Morgan fingerprint density at radius 1 is 0.958 bits per heavy atom. The van der Waals surface area contributed by atoms with Gasteiger partial charge in [0.2, 0.25) is 11.8 Å². The zero-order valence-electron chi connectivity index (χ0n) is 40.8. The number of hydrogen-bond acceptors (Lipinski definition) is 16. The number of thioether (sulfide) groups is 1. The number of rotatable bonds is 30. The van der Waals surface area contributed by atoms with Crippen molar-refractivity contribution in [2.45, 2.75) is 101 Å². The average molecular weight is 1040 g/mol. The van der Waals surface area contributed by atoms with E-state index in [9.17, 15) is 28.4 Å². The number of benzene rings is 1.